The van der Waals surface area contributed by atoms with Gasteiger partial charge in [0, 0.05) is 5.56 Å². The van der Waals surface area contributed by atoms with Crippen LogP contribution in [-0.4, -0.2) is 19.2 Å². The lowest BCUT2D eigenvalue weighted by Gasteiger charge is -2.08. The Bertz CT molecular complexity index is 1060. The predicted molar refractivity (Wildman–Crippen MR) is 104 cm³/mol. The van der Waals surface area contributed by atoms with Crippen LogP contribution in [0.25, 0.3) is 10.8 Å². The zero-order valence-electron chi connectivity index (χ0n) is 14.2. The molecule has 1 amide bonds. The SMILES string of the molecule is COc1ccc2ccccc2c1/C=N/NC(=O)c1sc(N)c(C#N)c1C. The van der Waals surface area contributed by atoms with Gasteiger partial charge in [0.1, 0.15) is 21.7 Å². The number of rotatable bonds is 4. The number of ether oxygens (including phenoxy) is 1. The van der Waals surface area contributed by atoms with Gasteiger partial charge in [0.25, 0.3) is 5.91 Å². The molecule has 0 aliphatic carbocycles. The molecule has 0 bridgehead atoms. The van der Waals surface area contributed by atoms with Crippen LogP contribution in [0.15, 0.2) is 41.5 Å². The third-order valence-electron chi connectivity index (χ3n) is 4.00. The predicted octanol–water partition coefficient (Wildman–Crippen LogP) is 3.44. The molecule has 0 aliphatic heterocycles. The molecule has 0 atom stereocenters. The molecule has 0 saturated carbocycles. The van der Waals surface area contributed by atoms with Crippen LogP contribution >= 0.6 is 11.3 Å². The van der Waals surface area contributed by atoms with Gasteiger partial charge in [-0.25, -0.2) is 5.43 Å². The summed E-state index contributed by atoms with van der Waals surface area (Å²) < 4.78 is 5.39. The number of nitrogens with zero attached hydrogens (tertiary/aromatic N) is 2. The smallest absolute Gasteiger partial charge is 0.281 e. The first kappa shape index (κ1) is 17.5. The van der Waals surface area contributed by atoms with Gasteiger partial charge in [-0.05, 0) is 29.3 Å². The molecule has 0 aliphatic rings. The number of anilines is 1. The van der Waals surface area contributed by atoms with Crippen LogP contribution in [0.2, 0.25) is 0 Å². The summed E-state index contributed by atoms with van der Waals surface area (Å²) in [4.78, 5) is 12.7. The summed E-state index contributed by atoms with van der Waals surface area (Å²) in [6.07, 6.45) is 1.55. The van der Waals surface area contributed by atoms with Crippen molar-refractivity contribution in [1.29, 1.82) is 5.26 Å². The zero-order chi connectivity index (χ0) is 18.7. The number of thiophene rings is 1. The van der Waals surface area contributed by atoms with Gasteiger partial charge in [0.05, 0.1) is 18.9 Å². The number of carbonyl (C=O) groups excluding carboxylic acids is 1. The highest BCUT2D eigenvalue weighted by atomic mass is 32.1. The van der Waals surface area contributed by atoms with Gasteiger partial charge in [-0.1, -0.05) is 30.3 Å². The fourth-order valence-corrected chi connectivity index (χ4v) is 3.60. The molecule has 1 aromatic heterocycles. The molecule has 0 unspecified atom stereocenters. The van der Waals surface area contributed by atoms with Crippen LogP contribution in [0.1, 0.15) is 26.4 Å². The number of methoxy groups -OCH3 is 1. The number of fused-ring (bicyclic) bond motifs is 1. The van der Waals surface area contributed by atoms with E-state index in [1.54, 1.807) is 20.2 Å². The van der Waals surface area contributed by atoms with Gasteiger partial charge in [0.2, 0.25) is 0 Å². The second kappa shape index (κ2) is 7.25. The van der Waals surface area contributed by atoms with Crippen LogP contribution in [0.4, 0.5) is 5.00 Å². The number of hydrogen-bond acceptors (Lipinski definition) is 6. The minimum Gasteiger partial charge on any atom is -0.496 e. The molecule has 26 heavy (non-hydrogen) atoms. The van der Waals surface area contributed by atoms with E-state index in [9.17, 15) is 4.79 Å². The normalized spacial score (nSPS) is 10.8. The lowest BCUT2D eigenvalue weighted by Crippen LogP contribution is -2.17. The number of carbonyl (C=O) groups is 1. The molecule has 2 aromatic carbocycles. The summed E-state index contributed by atoms with van der Waals surface area (Å²) in [5.41, 5.74) is 9.92. The lowest BCUT2D eigenvalue weighted by molar-refractivity contribution is 0.0958. The van der Waals surface area contributed by atoms with Crippen molar-refractivity contribution in [3.8, 4) is 11.8 Å². The quantitative estimate of drug-likeness (QED) is 0.547. The highest BCUT2D eigenvalue weighted by molar-refractivity contribution is 7.18. The molecule has 0 fully saturated rings. The average Bonchev–Trinajstić information content (AvgIpc) is 2.95. The second-order valence-corrected chi connectivity index (χ2v) is 6.56. The largest absolute Gasteiger partial charge is 0.496 e. The lowest BCUT2D eigenvalue weighted by atomic mass is 10.0. The Kier molecular flexibility index (Phi) is 4.87. The summed E-state index contributed by atoms with van der Waals surface area (Å²) in [6.45, 7) is 1.69. The third-order valence-corrected chi connectivity index (χ3v) is 5.12. The van der Waals surface area contributed by atoms with E-state index >= 15 is 0 Å². The Morgan fingerprint density at radius 2 is 2.12 bits per heavy atom. The van der Waals surface area contributed by atoms with E-state index in [0.717, 1.165) is 27.7 Å². The molecular weight excluding hydrogens is 348 g/mol. The van der Waals surface area contributed by atoms with Crippen LogP contribution in [0.5, 0.6) is 5.75 Å². The first-order valence-corrected chi connectivity index (χ1v) is 8.56. The van der Waals surface area contributed by atoms with E-state index in [2.05, 4.69) is 10.5 Å². The van der Waals surface area contributed by atoms with E-state index in [0.29, 0.717) is 26.8 Å². The first-order valence-electron chi connectivity index (χ1n) is 7.75. The minimum absolute atomic E-state index is 0.329. The summed E-state index contributed by atoms with van der Waals surface area (Å²) in [6, 6.07) is 13.7. The van der Waals surface area contributed by atoms with E-state index in [4.69, 9.17) is 15.7 Å². The Morgan fingerprint density at radius 1 is 1.35 bits per heavy atom. The van der Waals surface area contributed by atoms with Crippen molar-refractivity contribution in [2.45, 2.75) is 6.92 Å². The number of nitriles is 1. The Labute approximate surface area is 154 Å². The molecule has 0 spiro atoms. The number of hydrogen-bond donors (Lipinski definition) is 2. The van der Waals surface area contributed by atoms with Crippen molar-refractivity contribution in [2.75, 3.05) is 12.8 Å². The standard InChI is InChI=1S/C19H16N4O2S/c1-11-14(9-20)18(21)26-17(11)19(24)23-22-10-15-13-6-4-3-5-12(13)7-8-16(15)25-2/h3-8,10H,21H2,1-2H3,(H,23,24)/b22-10+. The van der Waals surface area contributed by atoms with E-state index in [-0.39, 0.29) is 0 Å². The molecule has 7 heteroatoms. The van der Waals surface area contributed by atoms with Crippen molar-refractivity contribution in [3.05, 3.63) is 58.0 Å². The van der Waals surface area contributed by atoms with Crippen molar-refractivity contribution < 1.29 is 9.53 Å². The molecule has 3 rings (SSSR count). The number of nitrogen functional groups attached to an aromatic ring is 1. The van der Waals surface area contributed by atoms with Gasteiger partial charge < -0.3 is 10.5 Å². The highest BCUT2D eigenvalue weighted by Crippen LogP contribution is 2.30. The highest BCUT2D eigenvalue weighted by Gasteiger charge is 2.18. The third kappa shape index (κ3) is 3.10. The Morgan fingerprint density at radius 3 is 2.81 bits per heavy atom. The number of hydrazone groups is 1. The minimum atomic E-state index is -0.406. The van der Waals surface area contributed by atoms with Gasteiger partial charge in [-0.2, -0.15) is 10.4 Å². The number of nitrogens with two attached hydrogens (primary N) is 1. The van der Waals surface area contributed by atoms with Gasteiger partial charge in [-0.3, -0.25) is 4.79 Å². The monoisotopic (exact) mass is 364 g/mol. The maximum absolute atomic E-state index is 12.3. The summed E-state index contributed by atoms with van der Waals surface area (Å²) in [7, 11) is 1.58. The topological polar surface area (TPSA) is 100 Å². The first-order chi connectivity index (χ1) is 12.6. The van der Waals surface area contributed by atoms with E-state index in [1.807, 2.05) is 42.5 Å². The molecule has 6 nitrogen and oxygen atoms in total. The molecule has 0 radical (unpaired) electrons. The molecule has 130 valence electrons. The summed E-state index contributed by atoms with van der Waals surface area (Å²) >= 11 is 1.07. The summed E-state index contributed by atoms with van der Waals surface area (Å²) in [5, 5.41) is 15.5. The van der Waals surface area contributed by atoms with Gasteiger partial charge >= 0.3 is 0 Å². The maximum Gasteiger partial charge on any atom is 0.281 e. The van der Waals surface area contributed by atoms with Crippen LogP contribution in [0.3, 0.4) is 0 Å². The van der Waals surface area contributed by atoms with E-state index in [1.165, 1.54) is 0 Å². The molecule has 3 aromatic rings. The van der Waals surface area contributed by atoms with Crippen molar-refractivity contribution in [1.82, 2.24) is 5.43 Å². The van der Waals surface area contributed by atoms with Crippen molar-refractivity contribution >= 4 is 39.2 Å². The van der Waals surface area contributed by atoms with Crippen LogP contribution < -0.4 is 15.9 Å². The van der Waals surface area contributed by atoms with Gasteiger partial charge in [-0.15, -0.1) is 11.3 Å². The summed E-state index contributed by atoms with van der Waals surface area (Å²) in [5.74, 6) is 0.251. The fraction of sp³-hybridized carbons (Fsp3) is 0.105. The second-order valence-electron chi connectivity index (χ2n) is 5.51. The number of benzene rings is 2. The Balaban J connectivity index is 1.89. The van der Waals surface area contributed by atoms with Crippen molar-refractivity contribution in [3.63, 3.8) is 0 Å². The molecular formula is C19H16N4O2S. The molecule has 3 N–H and O–H groups in total. The van der Waals surface area contributed by atoms with Crippen LogP contribution in [0, 0.1) is 18.3 Å². The fourth-order valence-electron chi connectivity index (χ4n) is 2.68. The van der Waals surface area contributed by atoms with E-state index < -0.39 is 5.91 Å². The number of amides is 1. The molecule has 1 heterocycles. The average molecular weight is 364 g/mol. The Hall–Kier alpha value is -3.37. The zero-order valence-corrected chi connectivity index (χ0v) is 15.1. The maximum atomic E-state index is 12.3. The van der Waals surface area contributed by atoms with Gasteiger partial charge in [0.15, 0.2) is 0 Å². The number of nitrogens with one attached hydrogen (secondary N) is 1. The molecule has 0 saturated heterocycles. The van der Waals surface area contributed by atoms with Crippen LogP contribution in [-0.2, 0) is 0 Å². The van der Waals surface area contributed by atoms with Crippen molar-refractivity contribution in [2.24, 2.45) is 5.10 Å².